The Morgan fingerprint density at radius 1 is 1.32 bits per heavy atom. The zero-order chi connectivity index (χ0) is 14.0. The zero-order valence-corrected chi connectivity index (χ0v) is 12.3. The summed E-state index contributed by atoms with van der Waals surface area (Å²) in [5, 5.41) is 9.16. The zero-order valence-electron chi connectivity index (χ0n) is 11.5. The first-order chi connectivity index (χ1) is 8.95. The van der Waals surface area contributed by atoms with Gasteiger partial charge in [0.15, 0.2) is 0 Å². The molecule has 1 aromatic carbocycles. The lowest BCUT2D eigenvalue weighted by Gasteiger charge is -2.30. The van der Waals surface area contributed by atoms with E-state index in [1.807, 2.05) is 0 Å². The highest BCUT2D eigenvalue weighted by Gasteiger charge is 2.29. The Morgan fingerprint density at radius 3 is 2.53 bits per heavy atom. The Balaban J connectivity index is 2.34. The summed E-state index contributed by atoms with van der Waals surface area (Å²) in [6.45, 7) is 4.99. The topological polar surface area (TPSA) is 57.6 Å². The van der Waals surface area contributed by atoms with Crippen molar-refractivity contribution in [1.29, 1.82) is 0 Å². The summed E-state index contributed by atoms with van der Waals surface area (Å²) in [6.07, 6.45) is 1.83. The van der Waals surface area contributed by atoms with Gasteiger partial charge in [-0.1, -0.05) is 19.1 Å². The van der Waals surface area contributed by atoms with Crippen LogP contribution in [0.25, 0.3) is 0 Å². The van der Waals surface area contributed by atoms with Crippen molar-refractivity contribution in [2.45, 2.75) is 38.2 Å². The van der Waals surface area contributed by atoms with E-state index >= 15 is 0 Å². The minimum absolute atomic E-state index is 0.139. The van der Waals surface area contributed by atoms with Crippen LogP contribution in [-0.2, 0) is 16.6 Å². The van der Waals surface area contributed by atoms with Crippen molar-refractivity contribution in [2.75, 3.05) is 13.1 Å². The molecule has 0 amide bonds. The largest absolute Gasteiger partial charge is 0.392 e. The molecule has 0 spiro atoms. The Morgan fingerprint density at radius 2 is 1.95 bits per heavy atom. The van der Waals surface area contributed by atoms with Gasteiger partial charge < -0.3 is 5.11 Å². The van der Waals surface area contributed by atoms with Gasteiger partial charge in [-0.05, 0) is 42.9 Å². The molecule has 19 heavy (non-hydrogen) atoms. The van der Waals surface area contributed by atoms with Crippen molar-refractivity contribution < 1.29 is 13.5 Å². The first kappa shape index (κ1) is 14.5. The molecule has 1 aromatic rings. The molecule has 4 nitrogen and oxygen atoms in total. The van der Waals surface area contributed by atoms with E-state index < -0.39 is 10.0 Å². The predicted octanol–water partition coefficient (Wildman–Crippen LogP) is 1.91. The lowest BCUT2D eigenvalue weighted by atomic mass is 10.0. The van der Waals surface area contributed by atoms with E-state index in [1.54, 1.807) is 29.4 Å². The van der Waals surface area contributed by atoms with Gasteiger partial charge in [0.05, 0.1) is 11.5 Å². The highest BCUT2D eigenvalue weighted by atomic mass is 32.2. The third-order valence-corrected chi connectivity index (χ3v) is 5.84. The average Bonchev–Trinajstić information content (AvgIpc) is 2.39. The molecule has 106 valence electrons. The summed E-state index contributed by atoms with van der Waals surface area (Å²) < 4.78 is 26.8. The van der Waals surface area contributed by atoms with E-state index in [4.69, 9.17) is 5.11 Å². The van der Waals surface area contributed by atoms with Crippen LogP contribution in [0.1, 0.15) is 30.9 Å². The first-order valence-electron chi connectivity index (χ1n) is 6.65. The number of nitrogens with zero attached hydrogens (tertiary/aromatic N) is 1. The van der Waals surface area contributed by atoms with Crippen LogP contribution in [0.2, 0.25) is 0 Å². The summed E-state index contributed by atoms with van der Waals surface area (Å²) in [4.78, 5) is 0.327. The second-order valence-electron chi connectivity index (χ2n) is 5.34. The first-order valence-corrected chi connectivity index (χ1v) is 8.09. The monoisotopic (exact) mass is 283 g/mol. The van der Waals surface area contributed by atoms with Crippen LogP contribution < -0.4 is 0 Å². The fourth-order valence-electron chi connectivity index (χ4n) is 2.39. The smallest absolute Gasteiger partial charge is 0.243 e. The van der Waals surface area contributed by atoms with Crippen LogP contribution in [0.5, 0.6) is 0 Å². The minimum atomic E-state index is -3.43. The van der Waals surface area contributed by atoms with Crippen molar-refractivity contribution >= 4 is 10.0 Å². The fraction of sp³-hybridized carbons (Fsp3) is 0.571. The quantitative estimate of drug-likeness (QED) is 0.922. The highest BCUT2D eigenvalue weighted by molar-refractivity contribution is 7.89. The molecule has 1 aliphatic heterocycles. The molecule has 0 aromatic heterocycles. The van der Waals surface area contributed by atoms with Crippen molar-refractivity contribution in [3.8, 4) is 0 Å². The number of sulfonamides is 1. The van der Waals surface area contributed by atoms with Gasteiger partial charge in [0, 0.05) is 13.1 Å². The number of benzene rings is 1. The molecule has 5 heteroatoms. The number of rotatable bonds is 3. The molecule has 0 aliphatic carbocycles. The summed E-state index contributed by atoms with van der Waals surface area (Å²) in [6, 6.07) is 5.10. The molecule has 1 heterocycles. The summed E-state index contributed by atoms with van der Waals surface area (Å²) in [7, 11) is -3.43. The SMILES string of the molecule is Cc1ccc(CO)cc1S(=O)(=O)N1CCC(C)CC1. The van der Waals surface area contributed by atoms with Crippen molar-refractivity contribution in [1.82, 2.24) is 4.31 Å². The molecule has 0 radical (unpaired) electrons. The van der Waals surface area contributed by atoms with Crippen LogP contribution >= 0.6 is 0 Å². The Bertz CT molecular complexity index is 546. The number of piperidine rings is 1. The van der Waals surface area contributed by atoms with E-state index in [0.717, 1.165) is 18.4 Å². The van der Waals surface area contributed by atoms with Gasteiger partial charge in [0.2, 0.25) is 10.0 Å². The number of aliphatic hydroxyl groups is 1. The van der Waals surface area contributed by atoms with E-state index in [2.05, 4.69) is 6.92 Å². The van der Waals surface area contributed by atoms with E-state index in [9.17, 15) is 8.42 Å². The number of hydrogen-bond donors (Lipinski definition) is 1. The summed E-state index contributed by atoms with van der Waals surface area (Å²) in [5.41, 5.74) is 1.37. The molecule has 0 atom stereocenters. The Labute approximate surface area is 115 Å². The molecule has 1 aliphatic rings. The van der Waals surface area contributed by atoms with Crippen LogP contribution in [0, 0.1) is 12.8 Å². The standard InChI is InChI=1S/C14H21NO3S/c1-11-5-7-15(8-6-11)19(17,18)14-9-13(10-16)4-3-12(14)2/h3-4,9,11,16H,5-8,10H2,1-2H3. The second-order valence-corrected chi connectivity index (χ2v) is 7.25. The molecular weight excluding hydrogens is 262 g/mol. The molecule has 1 N–H and O–H groups in total. The summed E-state index contributed by atoms with van der Waals surface area (Å²) >= 11 is 0. The Hall–Kier alpha value is -0.910. The Kier molecular flexibility index (Phi) is 4.28. The van der Waals surface area contributed by atoms with E-state index in [0.29, 0.717) is 29.5 Å². The van der Waals surface area contributed by atoms with Gasteiger partial charge in [0.1, 0.15) is 0 Å². The van der Waals surface area contributed by atoms with Crippen LogP contribution in [-0.4, -0.2) is 30.9 Å². The average molecular weight is 283 g/mol. The molecule has 1 fully saturated rings. The van der Waals surface area contributed by atoms with Crippen molar-refractivity contribution in [3.05, 3.63) is 29.3 Å². The van der Waals surface area contributed by atoms with Gasteiger partial charge in [-0.15, -0.1) is 0 Å². The molecule has 2 rings (SSSR count). The maximum absolute atomic E-state index is 12.6. The van der Waals surface area contributed by atoms with Gasteiger partial charge in [0.25, 0.3) is 0 Å². The minimum Gasteiger partial charge on any atom is -0.392 e. The second kappa shape index (κ2) is 5.61. The fourth-order valence-corrected chi connectivity index (χ4v) is 4.13. The van der Waals surface area contributed by atoms with Gasteiger partial charge >= 0.3 is 0 Å². The maximum Gasteiger partial charge on any atom is 0.243 e. The third-order valence-electron chi connectivity index (χ3n) is 3.80. The molecule has 1 saturated heterocycles. The number of aryl methyl sites for hydroxylation is 1. The molecule has 0 bridgehead atoms. The maximum atomic E-state index is 12.6. The number of aliphatic hydroxyl groups excluding tert-OH is 1. The lowest BCUT2D eigenvalue weighted by molar-refractivity contribution is 0.281. The summed E-state index contributed by atoms with van der Waals surface area (Å²) in [5.74, 6) is 0.594. The van der Waals surface area contributed by atoms with Crippen molar-refractivity contribution in [3.63, 3.8) is 0 Å². The van der Waals surface area contributed by atoms with Crippen LogP contribution in [0.4, 0.5) is 0 Å². The predicted molar refractivity (Wildman–Crippen MR) is 74.3 cm³/mol. The van der Waals surface area contributed by atoms with E-state index in [1.165, 1.54) is 0 Å². The molecule has 0 unspecified atom stereocenters. The van der Waals surface area contributed by atoms with Crippen LogP contribution in [0.3, 0.4) is 0 Å². The highest BCUT2D eigenvalue weighted by Crippen LogP contribution is 2.26. The normalized spacial score (nSPS) is 18.7. The van der Waals surface area contributed by atoms with Gasteiger partial charge in [-0.25, -0.2) is 8.42 Å². The van der Waals surface area contributed by atoms with Gasteiger partial charge in [-0.3, -0.25) is 0 Å². The van der Waals surface area contributed by atoms with Gasteiger partial charge in [-0.2, -0.15) is 4.31 Å². The molecular formula is C14H21NO3S. The van der Waals surface area contributed by atoms with Crippen LogP contribution in [0.15, 0.2) is 23.1 Å². The molecule has 0 saturated carbocycles. The lowest BCUT2D eigenvalue weighted by Crippen LogP contribution is -2.38. The third kappa shape index (κ3) is 2.99. The van der Waals surface area contributed by atoms with Crippen molar-refractivity contribution in [2.24, 2.45) is 5.92 Å². The van der Waals surface area contributed by atoms with E-state index in [-0.39, 0.29) is 6.61 Å². The number of hydrogen-bond acceptors (Lipinski definition) is 3.